The Hall–Kier alpha value is -0.890. The van der Waals surface area contributed by atoms with Gasteiger partial charge in [-0.2, -0.15) is 0 Å². The third kappa shape index (κ3) is 2.27. The first-order valence-corrected chi connectivity index (χ1v) is 5.65. The molecule has 0 heterocycles. The van der Waals surface area contributed by atoms with Gasteiger partial charge in [0.15, 0.2) is 0 Å². The number of phenolic OH excluding ortho intramolecular Hbond substituents is 1. The molecule has 0 aromatic heterocycles. The summed E-state index contributed by atoms with van der Waals surface area (Å²) in [4.78, 5) is 0. The van der Waals surface area contributed by atoms with Crippen LogP contribution in [0.2, 0.25) is 15.1 Å². The van der Waals surface area contributed by atoms with E-state index in [0.29, 0.717) is 26.2 Å². The minimum atomic E-state index is 0.133. The molecule has 16 heavy (non-hydrogen) atoms. The molecule has 1 N–H and O–H groups in total. The number of halogens is 3. The number of aromatic hydroxyl groups is 1. The van der Waals surface area contributed by atoms with Gasteiger partial charge in [-0.15, -0.1) is 0 Å². The maximum Gasteiger partial charge on any atom is 0.123 e. The van der Waals surface area contributed by atoms with Crippen molar-refractivity contribution >= 4 is 34.8 Å². The zero-order chi connectivity index (χ0) is 11.7. The Morgan fingerprint density at radius 3 is 2.06 bits per heavy atom. The largest absolute Gasteiger partial charge is 0.507 e. The van der Waals surface area contributed by atoms with Crippen LogP contribution in [0.25, 0.3) is 11.1 Å². The van der Waals surface area contributed by atoms with Gasteiger partial charge in [0.1, 0.15) is 5.75 Å². The first-order chi connectivity index (χ1) is 7.58. The minimum Gasteiger partial charge on any atom is -0.507 e. The van der Waals surface area contributed by atoms with Crippen LogP contribution in [0.3, 0.4) is 0 Å². The Morgan fingerprint density at radius 2 is 1.38 bits per heavy atom. The fraction of sp³-hybridized carbons (Fsp3) is 0. The third-order valence-corrected chi connectivity index (χ3v) is 2.96. The lowest BCUT2D eigenvalue weighted by atomic mass is 10.0. The molecule has 0 saturated carbocycles. The highest BCUT2D eigenvalue weighted by Crippen LogP contribution is 2.36. The molecule has 0 bridgehead atoms. The van der Waals surface area contributed by atoms with Crippen LogP contribution in [-0.4, -0.2) is 5.11 Å². The van der Waals surface area contributed by atoms with E-state index in [1.165, 1.54) is 6.07 Å². The highest BCUT2D eigenvalue weighted by Gasteiger charge is 2.09. The molecule has 0 aliphatic rings. The molecular formula is C12H7Cl3O. The van der Waals surface area contributed by atoms with E-state index in [0.717, 1.165) is 0 Å². The lowest BCUT2D eigenvalue weighted by Gasteiger charge is -2.07. The predicted octanol–water partition coefficient (Wildman–Crippen LogP) is 5.02. The van der Waals surface area contributed by atoms with Crippen LogP contribution in [0.4, 0.5) is 0 Å². The van der Waals surface area contributed by atoms with Crippen LogP contribution in [-0.2, 0) is 0 Å². The SMILES string of the molecule is Oc1ccc(Cl)cc1-c1ccc(Cl)cc1Cl. The minimum absolute atomic E-state index is 0.133. The first-order valence-electron chi connectivity index (χ1n) is 4.52. The van der Waals surface area contributed by atoms with Crippen molar-refractivity contribution in [3.8, 4) is 16.9 Å². The summed E-state index contributed by atoms with van der Waals surface area (Å²) in [6.07, 6.45) is 0. The maximum atomic E-state index is 9.73. The third-order valence-electron chi connectivity index (χ3n) is 2.18. The normalized spacial score (nSPS) is 10.4. The van der Waals surface area contributed by atoms with Crippen LogP contribution >= 0.6 is 34.8 Å². The number of hydrogen-bond acceptors (Lipinski definition) is 1. The molecule has 2 aromatic carbocycles. The summed E-state index contributed by atoms with van der Waals surface area (Å²) < 4.78 is 0. The average Bonchev–Trinajstić information content (AvgIpc) is 2.22. The monoisotopic (exact) mass is 272 g/mol. The molecule has 4 heteroatoms. The summed E-state index contributed by atoms with van der Waals surface area (Å²) in [6, 6.07) is 9.89. The van der Waals surface area contributed by atoms with E-state index in [-0.39, 0.29) is 5.75 Å². The van der Waals surface area contributed by atoms with E-state index in [4.69, 9.17) is 34.8 Å². The number of rotatable bonds is 1. The van der Waals surface area contributed by atoms with Gasteiger partial charge in [-0.25, -0.2) is 0 Å². The Balaban J connectivity index is 2.62. The molecule has 0 amide bonds. The smallest absolute Gasteiger partial charge is 0.123 e. The van der Waals surface area contributed by atoms with Crippen LogP contribution in [0.5, 0.6) is 5.75 Å². The van der Waals surface area contributed by atoms with Crippen LogP contribution in [0, 0.1) is 0 Å². The maximum absolute atomic E-state index is 9.73. The second kappa shape index (κ2) is 4.54. The summed E-state index contributed by atoms with van der Waals surface area (Å²) in [5.41, 5.74) is 1.29. The lowest BCUT2D eigenvalue weighted by molar-refractivity contribution is 0.477. The van der Waals surface area contributed by atoms with Crippen LogP contribution in [0.1, 0.15) is 0 Å². The highest BCUT2D eigenvalue weighted by atomic mass is 35.5. The van der Waals surface area contributed by atoms with Crippen molar-refractivity contribution in [3.63, 3.8) is 0 Å². The molecule has 2 rings (SSSR count). The van der Waals surface area contributed by atoms with Crippen molar-refractivity contribution in [2.45, 2.75) is 0 Å². The second-order valence-electron chi connectivity index (χ2n) is 3.29. The first kappa shape index (κ1) is 11.6. The molecular weight excluding hydrogens is 266 g/mol. The van der Waals surface area contributed by atoms with E-state index in [2.05, 4.69) is 0 Å². The second-order valence-corrected chi connectivity index (χ2v) is 4.57. The van der Waals surface area contributed by atoms with Crippen molar-refractivity contribution in [2.24, 2.45) is 0 Å². The van der Waals surface area contributed by atoms with Crippen LogP contribution < -0.4 is 0 Å². The molecule has 0 aliphatic heterocycles. The molecule has 0 unspecified atom stereocenters. The van der Waals surface area contributed by atoms with Gasteiger partial charge in [0.25, 0.3) is 0 Å². The number of hydrogen-bond donors (Lipinski definition) is 1. The molecule has 2 aromatic rings. The topological polar surface area (TPSA) is 20.2 Å². The Morgan fingerprint density at radius 1 is 0.750 bits per heavy atom. The molecule has 82 valence electrons. The molecule has 0 atom stereocenters. The van der Waals surface area contributed by atoms with Gasteiger partial charge in [-0.05, 0) is 30.3 Å². The molecule has 0 saturated heterocycles. The Kier molecular flexibility index (Phi) is 3.29. The van der Waals surface area contributed by atoms with Crippen molar-refractivity contribution in [1.82, 2.24) is 0 Å². The zero-order valence-electron chi connectivity index (χ0n) is 8.05. The molecule has 0 fully saturated rings. The van der Waals surface area contributed by atoms with Gasteiger partial charge >= 0.3 is 0 Å². The van der Waals surface area contributed by atoms with Gasteiger partial charge in [0.05, 0.1) is 5.02 Å². The van der Waals surface area contributed by atoms with E-state index in [1.807, 2.05) is 0 Å². The molecule has 0 radical (unpaired) electrons. The zero-order valence-corrected chi connectivity index (χ0v) is 10.3. The molecule has 1 nitrogen and oxygen atoms in total. The summed E-state index contributed by atoms with van der Waals surface area (Å²) in [6.45, 7) is 0. The Bertz CT molecular complexity index is 538. The van der Waals surface area contributed by atoms with Gasteiger partial charge in [0.2, 0.25) is 0 Å². The van der Waals surface area contributed by atoms with Crippen molar-refractivity contribution in [2.75, 3.05) is 0 Å². The molecule has 0 aliphatic carbocycles. The average molecular weight is 274 g/mol. The van der Waals surface area contributed by atoms with Gasteiger partial charge in [-0.3, -0.25) is 0 Å². The fourth-order valence-electron chi connectivity index (χ4n) is 1.43. The predicted molar refractivity (Wildman–Crippen MR) is 68.6 cm³/mol. The quantitative estimate of drug-likeness (QED) is 0.773. The number of phenols is 1. The van der Waals surface area contributed by atoms with Gasteiger partial charge in [0, 0.05) is 21.2 Å². The summed E-state index contributed by atoms with van der Waals surface area (Å²) in [5.74, 6) is 0.133. The fourth-order valence-corrected chi connectivity index (χ4v) is 2.11. The summed E-state index contributed by atoms with van der Waals surface area (Å²) >= 11 is 17.7. The van der Waals surface area contributed by atoms with Gasteiger partial charge in [-0.1, -0.05) is 40.9 Å². The van der Waals surface area contributed by atoms with E-state index < -0.39 is 0 Å². The molecule has 0 spiro atoms. The lowest BCUT2D eigenvalue weighted by Crippen LogP contribution is -1.81. The van der Waals surface area contributed by atoms with Crippen molar-refractivity contribution in [3.05, 3.63) is 51.5 Å². The highest BCUT2D eigenvalue weighted by molar-refractivity contribution is 6.36. The van der Waals surface area contributed by atoms with Crippen molar-refractivity contribution < 1.29 is 5.11 Å². The summed E-state index contributed by atoms with van der Waals surface area (Å²) in [5, 5.41) is 11.3. The van der Waals surface area contributed by atoms with E-state index in [9.17, 15) is 5.11 Å². The van der Waals surface area contributed by atoms with E-state index in [1.54, 1.807) is 30.3 Å². The number of benzene rings is 2. The van der Waals surface area contributed by atoms with Crippen LogP contribution in [0.15, 0.2) is 36.4 Å². The van der Waals surface area contributed by atoms with Crippen molar-refractivity contribution in [1.29, 1.82) is 0 Å². The van der Waals surface area contributed by atoms with E-state index >= 15 is 0 Å². The Labute approximate surface area is 108 Å². The summed E-state index contributed by atoms with van der Waals surface area (Å²) in [7, 11) is 0. The van der Waals surface area contributed by atoms with Gasteiger partial charge < -0.3 is 5.11 Å². The standard InChI is InChI=1S/C12H7Cl3O/c13-7-2-4-12(16)10(5-7)9-3-1-8(14)6-11(9)15/h1-6,16H.